The van der Waals surface area contributed by atoms with Crippen LogP contribution in [0.25, 0.3) is 0 Å². The van der Waals surface area contributed by atoms with E-state index in [0.29, 0.717) is 11.3 Å². The fourth-order valence-electron chi connectivity index (χ4n) is 1.22. The fraction of sp³-hybridized carbons (Fsp3) is 0.222. The van der Waals surface area contributed by atoms with E-state index in [-0.39, 0.29) is 5.75 Å². The van der Waals surface area contributed by atoms with Crippen LogP contribution in [0, 0.1) is 6.92 Å². The highest BCUT2D eigenvalue weighted by Gasteiger charge is 2.05. The molecule has 82 valence electrons. The van der Waals surface area contributed by atoms with Crippen LogP contribution in [0.4, 0.5) is 10.5 Å². The van der Waals surface area contributed by atoms with Gasteiger partial charge in [0.2, 0.25) is 0 Å². The Morgan fingerprint density at radius 3 is 2.67 bits per heavy atom. The molecule has 0 aromatic heterocycles. The number of amides is 2. The van der Waals surface area contributed by atoms with Gasteiger partial charge in [-0.05, 0) is 24.1 Å². The van der Waals surface area contributed by atoms with Crippen LogP contribution in [0.15, 0.2) is 18.2 Å². The van der Waals surface area contributed by atoms with Crippen molar-refractivity contribution in [3.63, 3.8) is 0 Å². The average molecular weight is 228 g/mol. The van der Waals surface area contributed by atoms with E-state index >= 15 is 0 Å². The Balaban J connectivity index is 3.07. The van der Waals surface area contributed by atoms with E-state index < -0.39 is 16.7 Å². The number of anilines is 1. The summed E-state index contributed by atoms with van der Waals surface area (Å²) in [7, 11) is -2.52. The summed E-state index contributed by atoms with van der Waals surface area (Å²) in [6.07, 6.45) is 0. The van der Waals surface area contributed by atoms with Crippen LogP contribution in [0.2, 0.25) is 0 Å². The maximum absolute atomic E-state index is 10.7. The molecule has 0 aliphatic rings. The summed E-state index contributed by atoms with van der Waals surface area (Å²) in [4.78, 5) is 10.7. The molecule has 0 aliphatic carbocycles. The second-order valence-corrected chi connectivity index (χ2v) is 4.12. The number of hydrogen-bond acceptors (Lipinski definition) is 3. The molecule has 0 radical (unpaired) electrons. The highest BCUT2D eigenvalue weighted by molar-refractivity contribution is 7.71. The molecule has 0 spiro atoms. The number of carbonyl (C=O) groups excluding carboxylic acids is 1. The molecule has 1 rings (SSSR count). The molecule has 0 saturated heterocycles. The van der Waals surface area contributed by atoms with Gasteiger partial charge in [0.25, 0.3) is 0 Å². The van der Waals surface area contributed by atoms with Crippen LogP contribution in [0.3, 0.4) is 0 Å². The Hall–Kier alpha value is -1.56. The minimum Gasteiger partial charge on any atom is -0.351 e. The first-order chi connectivity index (χ1) is 6.99. The quantitative estimate of drug-likeness (QED) is 0.662. The molecule has 5 nitrogen and oxygen atoms in total. The molecule has 1 aromatic carbocycles. The van der Waals surface area contributed by atoms with Crippen LogP contribution in [0.1, 0.15) is 11.1 Å². The van der Waals surface area contributed by atoms with Gasteiger partial charge in [-0.1, -0.05) is 12.1 Å². The van der Waals surface area contributed by atoms with Crippen molar-refractivity contribution in [2.24, 2.45) is 5.73 Å². The van der Waals surface area contributed by atoms with E-state index in [1.807, 2.05) is 6.92 Å². The molecular weight excluding hydrogens is 216 g/mol. The lowest BCUT2D eigenvalue weighted by Crippen LogP contribution is -2.20. The van der Waals surface area contributed by atoms with Crippen molar-refractivity contribution in [2.75, 3.05) is 5.32 Å². The van der Waals surface area contributed by atoms with E-state index in [1.54, 1.807) is 18.2 Å². The smallest absolute Gasteiger partial charge is 0.316 e. The molecule has 3 N–H and O–H groups in total. The highest BCUT2D eigenvalue weighted by Crippen LogP contribution is 2.18. The van der Waals surface area contributed by atoms with E-state index in [0.717, 1.165) is 5.56 Å². The SMILES string of the molecule is Cc1ccc(C[SH](=O)=O)c(NC(N)=O)c1. The zero-order valence-electron chi connectivity index (χ0n) is 8.19. The van der Waals surface area contributed by atoms with Gasteiger partial charge in [0.05, 0.1) is 5.75 Å². The predicted octanol–water partition coefficient (Wildman–Crippen LogP) is 0.597. The van der Waals surface area contributed by atoms with E-state index in [4.69, 9.17) is 5.73 Å². The number of rotatable bonds is 3. The van der Waals surface area contributed by atoms with Gasteiger partial charge in [-0.25, -0.2) is 13.2 Å². The van der Waals surface area contributed by atoms with Crippen LogP contribution in [0.5, 0.6) is 0 Å². The van der Waals surface area contributed by atoms with Crippen molar-refractivity contribution < 1.29 is 13.2 Å². The summed E-state index contributed by atoms with van der Waals surface area (Å²) in [5.41, 5.74) is 6.88. The molecule has 0 bridgehead atoms. The summed E-state index contributed by atoms with van der Waals surface area (Å²) >= 11 is 0. The Kier molecular flexibility index (Phi) is 3.68. The largest absolute Gasteiger partial charge is 0.351 e. The van der Waals surface area contributed by atoms with Gasteiger partial charge in [-0.2, -0.15) is 0 Å². The van der Waals surface area contributed by atoms with Gasteiger partial charge in [-0.3, -0.25) is 0 Å². The first-order valence-electron chi connectivity index (χ1n) is 4.27. The molecule has 6 heteroatoms. The molecule has 1 aromatic rings. The zero-order chi connectivity index (χ0) is 11.4. The number of thiol groups is 1. The van der Waals surface area contributed by atoms with Gasteiger partial charge >= 0.3 is 6.03 Å². The monoisotopic (exact) mass is 228 g/mol. The molecule has 15 heavy (non-hydrogen) atoms. The Morgan fingerprint density at radius 1 is 1.47 bits per heavy atom. The summed E-state index contributed by atoms with van der Waals surface area (Å²) in [5, 5.41) is 2.39. The average Bonchev–Trinajstić information content (AvgIpc) is 2.08. The number of nitrogens with two attached hydrogens (primary N) is 1. The number of urea groups is 1. The molecule has 0 saturated carbocycles. The number of carbonyl (C=O) groups is 1. The number of benzene rings is 1. The fourth-order valence-corrected chi connectivity index (χ4v) is 1.77. The number of primary amides is 1. The van der Waals surface area contributed by atoms with Gasteiger partial charge in [0.1, 0.15) is 10.7 Å². The minimum atomic E-state index is -2.52. The number of aryl methyl sites for hydroxylation is 1. The van der Waals surface area contributed by atoms with Crippen molar-refractivity contribution in [1.82, 2.24) is 0 Å². The number of nitrogens with one attached hydrogen (secondary N) is 1. The molecule has 2 amide bonds. The lowest BCUT2D eigenvalue weighted by Gasteiger charge is -2.08. The van der Waals surface area contributed by atoms with Gasteiger partial charge in [0, 0.05) is 5.69 Å². The Labute approximate surface area is 89.2 Å². The molecule has 0 fully saturated rings. The third kappa shape index (κ3) is 3.59. The van der Waals surface area contributed by atoms with Crippen molar-refractivity contribution in [2.45, 2.75) is 12.7 Å². The van der Waals surface area contributed by atoms with E-state index in [2.05, 4.69) is 5.32 Å². The van der Waals surface area contributed by atoms with Gasteiger partial charge in [0.15, 0.2) is 0 Å². The highest BCUT2D eigenvalue weighted by atomic mass is 32.2. The van der Waals surface area contributed by atoms with E-state index in [1.165, 1.54) is 0 Å². The maximum Gasteiger partial charge on any atom is 0.316 e. The second kappa shape index (κ2) is 4.79. The van der Waals surface area contributed by atoms with Crippen LogP contribution < -0.4 is 11.1 Å². The van der Waals surface area contributed by atoms with Crippen LogP contribution in [-0.2, 0) is 16.5 Å². The lowest BCUT2D eigenvalue weighted by molar-refractivity contribution is 0.259. The lowest BCUT2D eigenvalue weighted by atomic mass is 10.1. The van der Waals surface area contributed by atoms with Crippen molar-refractivity contribution in [1.29, 1.82) is 0 Å². The van der Waals surface area contributed by atoms with Crippen molar-refractivity contribution in [3.05, 3.63) is 29.3 Å². The summed E-state index contributed by atoms with van der Waals surface area (Å²) < 4.78 is 21.2. The van der Waals surface area contributed by atoms with Crippen LogP contribution >= 0.6 is 0 Å². The van der Waals surface area contributed by atoms with Crippen molar-refractivity contribution >= 4 is 22.4 Å². The third-order valence-electron chi connectivity index (χ3n) is 1.82. The van der Waals surface area contributed by atoms with Crippen LogP contribution in [-0.4, -0.2) is 14.4 Å². The second-order valence-electron chi connectivity index (χ2n) is 3.14. The summed E-state index contributed by atoms with van der Waals surface area (Å²) in [5.74, 6) is -0.106. The first-order valence-corrected chi connectivity index (χ1v) is 5.63. The first kappa shape index (κ1) is 11.5. The predicted molar refractivity (Wildman–Crippen MR) is 58.4 cm³/mol. The summed E-state index contributed by atoms with van der Waals surface area (Å²) in [6.45, 7) is 1.84. The normalized spacial score (nSPS) is 10.3. The topological polar surface area (TPSA) is 89.3 Å². The number of hydrogen-bond donors (Lipinski definition) is 3. The molecule has 0 atom stereocenters. The molecular formula is C9H12N2O3S. The molecule has 0 aliphatic heterocycles. The Bertz CT molecular complexity index is 447. The maximum atomic E-state index is 10.7. The molecule has 0 heterocycles. The molecule has 0 unspecified atom stereocenters. The Morgan fingerprint density at radius 2 is 2.13 bits per heavy atom. The third-order valence-corrected chi connectivity index (χ3v) is 2.42. The van der Waals surface area contributed by atoms with Gasteiger partial charge < -0.3 is 11.1 Å². The standard InChI is InChI=1S/C9H12N2O3S/c1-6-2-3-7(5-15(13)14)8(4-6)11-9(10)12/h2-4,15H,5H2,1H3,(H3,10,11,12). The summed E-state index contributed by atoms with van der Waals surface area (Å²) in [6, 6.07) is 4.41. The van der Waals surface area contributed by atoms with E-state index in [9.17, 15) is 13.2 Å². The minimum absolute atomic E-state index is 0.106. The zero-order valence-corrected chi connectivity index (χ0v) is 9.08. The van der Waals surface area contributed by atoms with Gasteiger partial charge in [-0.15, -0.1) is 0 Å². The van der Waals surface area contributed by atoms with Crippen molar-refractivity contribution in [3.8, 4) is 0 Å².